The lowest BCUT2D eigenvalue weighted by Crippen LogP contribution is -2.26. The van der Waals surface area contributed by atoms with E-state index in [4.69, 9.17) is 4.74 Å². The zero-order chi connectivity index (χ0) is 21.8. The topological polar surface area (TPSA) is 54.5 Å². The van der Waals surface area contributed by atoms with Gasteiger partial charge in [-0.3, -0.25) is 0 Å². The normalized spacial score (nSPS) is 20.1. The van der Waals surface area contributed by atoms with Crippen LogP contribution in [-0.4, -0.2) is 36.0 Å². The number of aromatic nitrogens is 1. The minimum Gasteiger partial charge on any atom is -0.489 e. The third kappa shape index (κ3) is 5.35. The molecule has 1 aromatic heterocycles. The summed E-state index contributed by atoms with van der Waals surface area (Å²) in [5, 5.41) is 3.28. The number of carbonyl (C=O) groups excluding carboxylic acids is 1. The molecule has 5 nitrogen and oxygen atoms in total. The number of nitrogens with one attached hydrogen (secondary N) is 1. The molecule has 2 aliphatic rings. The van der Waals surface area contributed by atoms with Crippen LogP contribution in [0.15, 0.2) is 36.5 Å². The zero-order valence-electron chi connectivity index (χ0n) is 18.4. The van der Waals surface area contributed by atoms with E-state index in [1.165, 1.54) is 12.8 Å². The highest BCUT2D eigenvalue weighted by Crippen LogP contribution is 2.31. The lowest BCUT2D eigenvalue weighted by atomic mass is 9.96. The molecular weight excluding hydrogens is 393 g/mol. The van der Waals surface area contributed by atoms with E-state index in [1.54, 1.807) is 19.2 Å². The molecule has 2 heterocycles. The standard InChI is InChI=1S/C25H32FN3O2/c1-17(15-18(2)30)19-7-9-21(10-8-19)31-22-12-14-29(16-22)23-11-13-27-25(24(23)26)28-20-5-3-4-6-20/h7-11,13,17,20,22H,3-6,12,14-16H2,1-2H3,(H,27,28)/t17-,22-/m1/s1. The van der Waals surface area contributed by atoms with Crippen LogP contribution >= 0.6 is 0 Å². The molecule has 2 fully saturated rings. The molecule has 2 aromatic rings. The van der Waals surface area contributed by atoms with Gasteiger partial charge in [-0.05, 0) is 49.4 Å². The van der Waals surface area contributed by atoms with E-state index in [1.807, 2.05) is 29.2 Å². The molecule has 31 heavy (non-hydrogen) atoms. The van der Waals surface area contributed by atoms with Crippen LogP contribution in [0.25, 0.3) is 0 Å². The number of ether oxygens (including phenoxy) is 1. The average molecular weight is 426 g/mol. The first-order chi connectivity index (χ1) is 15.0. The summed E-state index contributed by atoms with van der Waals surface area (Å²) in [6.07, 6.45) is 7.64. The lowest BCUT2D eigenvalue weighted by molar-refractivity contribution is -0.117. The van der Waals surface area contributed by atoms with Gasteiger partial charge < -0.3 is 19.7 Å². The third-order valence-corrected chi connectivity index (χ3v) is 6.40. The van der Waals surface area contributed by atoms with Crippen molar-refractivity contribution < 1.29 is 13.9 Å². The molecule has 1 aromatic carbocycles. The first-order valence-corrected chi connectivity index (χ1v) is 11.4. The van der Waals surface area contributed by atoms with Crippen LogP contribution in [0, 0.1) is 5.82 Å². The second-order valence-corrected chi connectivity index (χ2v) is 8.97. The van der Waals surface area contributed by atoms with Crippen molar-refractivity contribution in [2.75, 3.05) is 23.3 Å². The second-order valence-electron chi connectivity index (χ2n) is 8.97. The van der Waals surface area contributed by atoms with Gasteiger partial charge in [0.05, 0.1) is 12.2 Å². The minimum atomic E-state index is -0.265. The van der Waals surface area contributed by atoms with Crippen LogP contribution in [0.3, 0.4) is 0 Å². The monoisotopic (exact) mass is 425 g/mol. The molecule has 1 saturated carbocycles. The summed E-state index contributed by atoms with van der Waals surface area (Å²) in [5.41, 5.74) is 1.73. The van der Waals surface area contributed by atoms with Gasteiger partial charge in [-0.15, -0.1) is 0 Å². The SMILES string of the molecule is CC(=O)C[C@@H](C)c1ccc(O[C@@H]2CCN(c3ccnc(NC4CCCC4)c3F)C2)cc1. The molecule has 2 atom stereocenters. The second kappa shape index (κ2) is 9.67. The van der Waals surface area contributed by atoms with Crippen molar-refractivity contribution in [3.05, 3.63) is 47.9 Å². The smallest absolute Gasteiger partial charge is 0.188 e. The number of hydrogen-bond acceptors (Lipinski definition) is 5. The molecule has 6 heteroatoms. The van der Waals surface area contributed by atoms with Crippen LogP contribution < -0.4 is 15.0 Å². The van der Waals surface area contributed by atoms with Crippen LogP contribution in [0.2, 0.25) is 0 Å². The summed E-state index contributed by atoms with van der Waals surface area (Å²) in [6, 6.07) is 10.1. The summed E-state index contributed by atoms with van der Waals surface area (Å²) >= 11 is 0. The zero-order valence-corrected chi connectivity index (χ0v) is 18.4. The number of ketones is 1. The molecule has 1 aliphatic carbocycles. The van der Waals surface area contributed by atoms with Crippen molar-refractivity contribution in [3.8, 4) is 5.75 Å². The Morgan fingerprint density at radius 3 is 2.68 bits per heavy atom. The Hall–Kier alpha value is -2.63. The molecule has 1 aliphatic heterocycles. The molecule has 0 radical (unpaired) electrons. The summed E-state index contributed by atoms with van der Waals surface area (Å²) in [5.74, 6) is 1.31. The number of benzene rings is 1. The maximum absolute atomic E-state index is 15.1. The Labute approximate surface area is 184 Å². The Kier molecular flexibility index (Phi) is 6.73. The highest BCUT2D eigenvalue weighted by atomic mass is 19.1. The van der Waals surface area contributed by atoms with Crippen LogP contribution in [0.1, 0.15) is 63.9 Å². The maximum atomic E-state index is 15.1. The van der Waals surface area contributed by atoms with E-state index in [9.17, 15) is 4.79 Å². The summed E-state index contributed by atoms with van der Waals surface area (Å²) in [4.78, 5) is 17.6. The largest absolute Gasteiger partial charge is 0.489 e. The number of halogens is 1. The lowest BCUT2D eigenvalue weighted by Gasteiger charge is -2.22. The fraction of sp³-hybridized carbons (Fsp3) is 0.520. The number of rotatable bonds is 8. The fourth-order valence-electron chi connectivity index (χ4n) is 4.70. The van der Waals surface area contributed by atoms with Gasteiger partial charge in [0.1, 0.15) is 17.6 Å². The van der Waals surface area contributed by atoms with E-state index >= 15 is 4.39 Å². The molecular formula is C25H32FN3O2. The van der Waals surface area contributed by atoms with Gasteiger partial charge in [-0.2, -0.15) is 0 Å². The maximum Gasteiger partial charge on any atom is 0.188 e. The number of anilines is 2. The van der Waals surface area contributed by atoms with Crippen LogP contribution in [-0.2, 0) is 4.79 Å². The van der Waals surface area contributed by atoms with E-state index in [2.05, 4.69) is 17.2 Å². The van der Waals surface area contributed by atoms with Crippen molar-refractivity contribution >= 4 is 17.3 Å². The Morgan fingerprint density at radius 1 is 1.23 bits per heavy atom. The number of Topliss-reactive ketones (excluding diaryl/α,β-unsaturated/α-hetero) is 1. The van der Waals surface area contributed by atoms with Crippen molar-refractivity contribution in [2.24, 2.45) is 0 Å². The van der Waals surface area contributed by atoms with Gasteiger partial charge >= 0.3 is 0 Å². The van der Waals surface area contributed by atoms with Gasteiger partial charge in [0.25, 0.3) is 0 Å². The van der Waals surface area contributed by atoms with E-state index in [0.29, 0.717) is 30.5 Å². The Balaban J connectivity index is 1.36. The van der Waals surface area contributed by atoms with Gasteiger partial charge in [-0.1, -0.05) is 31.9 Å². The molecule has 4 rings (SSSR count). The number of hydrogen-bond donors (Lipinski definition) is 1. The molecule has 166 valence electrons. The summed E-state index contributed by atoms with van der Waals surface area (Å²) in [6.45, 7) is 5.08. The minimum absolute atomic E-state index is 0.0132. The van der Waals surface area contributed by atoms with E-state index < -0.39 is 0 Å². The fourth-order valence-corrected chi connectivity index (χ4v) is 4.70. The van der Waals surface area contributed by atoms with Gasteiger partial charge in [0.15, 0.2) is 11.6 Å². The first kappa shape index (κ1) is 21.6. The van der Waals surface area contributed by atoms with E-state index in [-0.39, 0.29) is 23.6 Å². The number of pyridine rings is 1. The van der Waals surface area contributed by atoms with Crippen molar-refractivity contribution in [1.82, 2.24) is 4.98 Å². The van der Waals surface area contributed by atoms with Crippen LogP contribution in [0.4, 0.5) is 15.9 Å². The Bertz CT molecular complexity index is 896. The molecule has 0 bridgehead atoms. The number of carbonyl (C=O) groups is 1. The molecule has 0 amide bonds. The molecule has 0 spiro atoms. The van der Waals surface area contributed by atoms with Crippen LogP contribution in [0.5, 0.6) is 5.75 Å². The number of nitrogens with zero attached hydrogens (tertiary/aromatic N) is 2. The Morgan fingerprint density at radius 2 is 1.97 bits per heavy atom. The van der Waals surface area contributed by atoms with Gasteiger partial charge in [0, 0.05) is 31.6 Å². The quantitative estimate of drug-likeness (QED) is 0.621. The predicted molar refractivity (Wildman–Crippen MR) is 121 cm³/mol. The van der Waals surface area contributed by atoms with Gasteiger partial charge in [-0.25, -0.2) is 9.37 Å². The molecule has 1 saturated heterocycles. The first-order valence-electron chi connectivity index (χ1n) is 11.4. The average Bonchev–Trinajstić information content (AvgIpc) is 3.42. The molecule has 1 N–H and O–H groups in total. The van der Waals surface area contributed by atoms with Crippen molar-refractivity contribution in [2.45, 2.75) is 70.4 Å². The predicted octanol–water partition coefficient (Wildman–Crippen LogP) is 5.32. The van der Waals surface area contributed by atoms with Crippen molar-refractivity contribution in [3.63, 3.8) is 0 Å². The van der Waals surface area contributed by atoms with Crippen molar-refractivity contribution in [1.29, 1.82) is 0 Å². The highest BCUT2D eigenvalue weighted by Gasteiger charge is 2.28. The highest BCUT2D eigenvalue weighted by molar-refractivity contribution is 5.76. The summed E-state index contributed by atoms with van der Waals surface area (Å²) < 4.78 is 21.3. The van der Waals surface area contributed by atoms with Gasteiger partial charge in [0.2, 0.25) is 0 Å². The summed E-state index contributed by atoms with van der Waals surface area (Å²) in [7, 11) is 0. The van der Waals surface area contributed by atoms with E-state index in [0.717, 1.165) is 37.1 Å². The molecule has 0 unspecified atom stereocenters. The third-order valence-electron chi connectivity index (χ3n) is 6.40.